The number of amides is 1. The van der Waals surface area contributed by atoms with Crippen LogP contribution in [0.25, 0.3) is 5.76 Å². The Morgan fingerprint density at radius 1 is 1.12 bits per heavy atom. The van der Waals surface area contributed by atoms with E-state index in [-0.39, 0.29) is 17.7 Å². The highest BCUT2D eigenvalue weighted by Crippen LogP contribution is 2.40. The molecule has 33 heavy (non-hydrogen) atoms. The molecule has 0 radical (unpaired) electrons. The second-order valence-corrected chi connectivity index (χ2v) is 8.24. The summed E-state index contributed by atoms with van der Waals surface area (Å²) in [5, 5.41) is 11.1. The summed E-state index contributed by atoms with van der Waals surface area (Å²) in [5.41, 5.74) is 2.86. The fraction of sp³-hybridized carbons (Fsp3) is 0.192. The van der Waals surface area contributed by atoms with Crippen molar-refractivity contribution in [2.24, 2.45) is 0 Å². The molecule has 4 rings (SSSR count). The van der Waals surface area contributed by atoms with E-state index in [1.165, 1.54) is 23.1 Å². The molecule has 1 fully saturated rings. The molecule has 0 aliphatic carbocycles. The van der Waals surface area contributed by atoms with Gasteiger partial charge in [0.05, 0.1) is 11.6 Å². The van der Waals surface area contributed by atoms with Crippen molar-refractivity contribution in [3.05, 3.63) is 101 Å². The lowest BCUT2D eigenvalue weighted by Crippen LogP contribution is -2.29. The first-order valence-corrected chi connectivity index (χ1v) is 10.5. The number of carbonyl (C=O) groups excluding carboxylic acids is 2. The molecule has 3 aromatic rings. The third-order valence-electron chi connectivity index (χ3n) is 5.79. The minimum atomic E-state index is -0.828. The maximum absolute atomic E-state index is 14.2. The van der Waals surface area contributed by atoms with Crippen LogP contribution in [0, 0.1) is 12.7 Å². The Hall–Kier alpha value is -4.00. The van der Waals surface area contributed by atoms with Gasteiger partial charge in [0.15, 0.2) is 0 Å². The Morgan fingerprint density at radius 3 is 2.45 bits per heavy atom. The van der Waals surface area contributed by atoms with Gasteiger partial charge in [-0.1, -0.05) is 30.3 Å². The molecule has 2 aromatic carbocycles. The maximum Gasteiger partial charge on any atom is 0.295 e. The highest BCUT2D eigenvalue weighted by atomic mass is 19.1. The summed E-state index contributed by atoms with van der Waals surface area (Å²) in [6.45, 7) is 1.75. The van der Waals surface area contributed by atoms with Gasteiger partial charge in [0.2, 0.25) is 0 Å². The van der Waals surface area contributed by atoms with Gasteiger partial charge in [-0.2, -0.15) is 0 Å². The average Bonchev–Trinajstić information content (AvgIpc) is 3.06. The second kappa shape index (κ2) is 8.86. The molecule has 7 heteroatoms. The van der Waals surface area contributed by atoms with Crippen molar-refractivity contribution in [3.63, 3.8) is 0 Å². The van der Waals surface area contributed by atoms with Crippen molar-refractivity contribution in [1.82, 2.24) is 9.88 Å². The Bertz CT molecular complexity index is 1240. The number of Topliss-reactive ketones (excluding diaryl/α,β-unsaturated/α-hetero) is 1. The van der Waals surface area contributed by atoms with Gasteiger partial charge in [-0.05, 0) is 47.9 Å². The Morgan fingerprint density at radius 2 is 1.85 bits per heavy atom. The number of pyridine rings is 1. The lowest BCUT2D eigenvalue weighted by molar-refractivity contribution is -0.140. The number of hydrogen-bond donors (Lipinski definition) is 1. The number of hydrogen-bond acceptors (Lipinski definition) is 5. The van der Waals surface area contributed by atoms with Gasteiger partial charge in [0, 0.05) is 44.3 Å². The minimum absolute atomic E-state index is 0.0650. The third kappa shape index (κ3) is 4.22. The van der Waals surface area contributed by atoms with Crippen molar-refractivity contribution in [1.29, 1.82) is 0 Å². The normalized spacial score (nSPS) is 17.5. The number of aryl methyl sites for hydroxylation is 1. The topological polar surface area (TPSA) is 73.7 Å². The van der Waals surface area contributed by atoms with Crippen molar-refractivity contribution in [2.75, 3.05) is 19.0 Å². The van der Waals surface area contributed by atoms with Crippen LogP contribution in [0.15, 0.2) is 72.6 Å². The molecule has 0 saturated carbocycles. The summed E-state index contributed by atoms with van der Waals surface area (Å²) in [5.74, 6) is -2.44. The molecule has 1 saturated heterocycles. The molecule has 0 spiro atoms. The number of aromatic nitrogens is 1. The molecule has 1 N–H and O–H groups in total. The van der Waals surface area contributed by atoms with E-state index in [2.05, 4.69) is 4.98 Å². The van der Waals surface area contributed by atoms with E-state index in [9.17, 15) is 19.1 Å². The highest BCUT2D eigenvalue weighted by molar-refractivity contribution is 6.46. The first-order chi connectivity index (χ1) is 15.8. The quantitative estimate of drug-likeness (QED) is 0.362. The SMILES string of the molecule is Cc1ccc(C(O)=C2C(=O)C(=O)N(Cc3cccnc3)[C@@H]2c2ccc(N(C)C)cc2)cc1F. The lowest BCUT2D eigenvalue weighted by atomic mass is 9.94. The van der Waals surface area contributed by atoms with Crippen LogP contribution >= 0.6 is 0 Å². The largest absolute Gasteiger partial charge is 0.507 e. The third-order valence-corrected chi connectivity index (χ3v) is 5.79. The molecule has 1 aliphatic heterocycles. The molecule has 1 aliphatic rings. The van der Waals surface area contributed by atoms with Gasteiger partial charge in [0.25, 0.3) is 11.7 Å². The maximum atomic E-state index is 14.2. The van der Waals surface area contributed by atoms with E-state index in [1.807, 2.05) is 49.3 Å². The van der Waals surface area contributed by atoms with Gasteiger partial charge in [-0.15, -0.1) is 0 Å². The predicted molar refractivity (Wildman–Crippen MR) is 124 cm³/mol. The number of benzene rings is 2. The summed E-state index contributed by atoms with van der Waals surface area (Å²) in [4.78, 5) is 33.6. The molecular weight excluding hydrogens is 421 g/mol. The van der Waals surface area contributed by atoms with Crippen LogP contribution in [0.4, 0.5) is 10.1 Å². The van der Waals surface area contributed by atoms with E-state index in [0.29, 0.717) is 11.1 Å². The molecule has 0 unspecified atom stereocenters. The van der Waals surface area contributed by atoms with Crippen molar-refractivity contribution < 1.29 is 19.1 Å². The average molecular weight is 445 g/mol. The van der Waals surface area contributed by atoms with Crippen LogP contribution in [-0.4, -0.2) is 40.8 Å². The van der Waals surface area contributed by atoms with Crippen molar-refractivity contribution in [3.8, 4) is 0 Å². The number of nitrogens with zero attached hydrogens (tertiary/aromatic N) is 3. The first kappa shape index (κ1) is 22.2. The molecule has 1 aromatic heterocycles. The zero-order valence-corrected chi connectivity index (χ0v) is 18.6. The highest BCUT2D eigenvalue weighted by Gasteiger charge is 2.46. The van der Waals surface area contributed by atoms with Gasteiger partial charge >= 0.3 is 0 Å². The second-order valence-electron chi connectivity index (χ2n) is 8.24. The Labute approximate surface area is 191 Å². The molecule has 6 nitrogen and oxygen atoms in total. The first-order valence-electron chi connectivity index (χ1n) is 10.5. The molecule has 0 bridgehead atoms. The fourth-order valence-electron chi connectivity index (χ4n) is 3.93. The van der Waals surface area contributed by atoms with Crippen LogP contribution in [0.5, 0.6) is 0 Å². The summed E-state index contributed by atoms with van der Waals surface area (Å²) >= 11 is 0. The Kier molecular flexibility index (Phi) is 5.96. The molecule has 2 heterocycles. The summed E-state index contributed by atoms with van der Waals surface area (Å²) < 4.78 is 14.2. The molecule has 1 amide bonds. The van der Waals surface area contributed by atoms with E-state index < -0.39 is 29.3 Å². The zero-order valence-electron chi connectivity index (χ0n) is 18.6. The van der Waals surface area contributed by atoms with E-state index in [4.69, 9.17) is 0 Å². The van der Waals surface area contributed by atoms with Crippen LogP contribution in [0.2, 0.25) is 0 Å². The predicted octanol–water partition coefficient (Wildman–Crippen LogP) is 4.22. The number of halogens is 1. The summed E-state index contributed by atoms with van der Waals surface area (Å²) in [7, 11) is 3.82. The van der Waals surface area contributed by atoms with Crippen molar-refractivity contribution >= 4 is 23.1 Å². The standard InChI is InChI=1S/C26H24FN3O3/c1-16-6-7-19(13-21(16)27)24(31)22-23(18-8-10-20(11-9-18)29(2)3)30(26(33)25(22)32)15-17-5-4-12-28-14-17/h4-14,23,31H,15H2,1-3H3/t23-/m1/s1. The van der Waals surface area contributed by atoms with E-state index in [0.717, 1.165) is 11.3 Å². The fourth-order valence-corrected chi connectivity index (χ4v) is 3.93. The zero-order chi connectivity index (χ0) is 23.7. The number of carbonyl (C=O) groups is 2. The monoisotopic (exact) mass is 445 g/mol. The molecule has 1 atom stereocenters. The summed E-state index contributed by atoms with van der Waals surface area (Å²) in [6, 6.07) is 14.4. The van der Waals surface area contributed by atoms with Gasteiger partial charge in [-0.3, -0.25) is 14.6 Å². The lowest BCUT2D eigenvalue weighted by Gasteiger charge is -2.26. The van der Waals surface area contributed by atoms with Crippen molar-refractivity contribution in [2.45, 2.75) is 19.5 Å². The van der Waals surface area contributed by atoms with Crippen LogP contribution in [0.3, 0.4) is 0 Å². The van der Waals surface area contributed by atoms with E-state index in [1.54, 1.807) is 25.4 Å². The van der Waals surface area contributed by atoms with Gasteiger partial charge in [0.1, 0.15) is 11.6 Å². The number of aliphatic hydroxyl groups is 1. The van der Waals surface area contributed by atoms with Crippen LogP contribution < -0.4 is 4.90 Å². The van der Waals surface area contributed by atoms with Gasteiger partial charge in [-0.25, -0.2) is 4.39 Å². The smallest absolute Gasteiger partial charge is 0.295 e. The number of rotatable bonds is 5. The van der Waals surface area contributed by atoms with E-state index >= 15 is 0 Å². The molecule has 168 valence electrons. The Balaban J connectivity index is 1.86. The molecular formula is C26H24FN3O3. The van der Waals surface area contributed by atoms with Crippen LogP contribution in [-0.2, 0) is 16.1 Å². The van der Waals surface area contributed by atoms with Gasteiger partial charge < -0.3 is 14.9 Å². The summed E-state index contributed by atoms with van der Waals surface area (Å²) in [6.07, 6.45) is 3.25. The van der Waals surface area contributed by atoms with Crippen LogP contribution in [0.1, 0.15) is 28.3 Å². The minimum Gasteiger partial charge on any atom is -0.507 e. The number of likely N-dealkylation sites (tertiary alicyclic amines) is 1. The number of anilines is 1. The number of ketones is 1. The number of aliphatic hydroxyl groups excluding tert-OH is 1.